The maximum absolute atomic E-state index is 14.4. The molecule has 4 aromatic rings. The Morgan fingerprint density at radius 2 is 1.47 bits per heavy atom. The molecule has 458 valence electrons. The molecule has 3 saturated heterocycles. The van der Waals surface area contributed by atoms with Gasteiger partial charge < -0.3 is 72.2 Å². The number of carbonyl (C=O) groups excluding carboxylic acids is 8. The van der Waals surface area contributed by atoms with Crippen LogP contribution < -0.4 is 10.6 Å². The monoisotopic (exact) mass is 1230 g/mol. The average molecular weight is 1240 g/mol. The van der Waals surface area contributed by atoms with Crippen LogP contribution in [0.5, 0.6) is 0 Å². The number of esters is 5. The van der Waals surface area contributed by atoms with Gasteiger partial charge in [-0.2, -0.15) is 0 Å². The van der Waals surface area contributed by atoms with Crippen LogP contribution in [0.3, 0.4) is 0 Å². The summed E-state index contributed by atoms with van der Waals surface area (Å²) in [6, 6.07) is 29.1. The number of halogens is 2. The zero-order chi connectivity index (χ0) is 61.2. The third-order valence-electron chi connectivity index (χ3n) is 14.2. The highest BCUT2D eigenvalue weighted by molar-refractivity contribution is 6.26. The van der Waals surface area contributed by atoms with Crippen molar-refractivity contribution in [3.63, 3.8) is 0 Å². The van der Waals surface area contributed by atoms with Gasteiger partial charge in [0, 0.05) is 30.9 Å². The van der Waals surface area contributed by atoms with Crippen LogP contribution in [0.1, 0.15) is 65.6 Å². The van der Waals surface area contributed by atoms with Crippen molar-refractivity contribution in [1.29, 1.82) is 0 Å². The van der Waals surface area contributed by atoms with Gasteiger partial charge in [-0.1, -0.05) is 102 Å². The number of ether oxygens (including phenoxy) is 13. The van der Waals surface area contributed by atoms with Gasteiger partial charge in [0.1, 0.15) is 55.9 Å². The van der Waals surface area contributed by atoms with Gasteiger partial charge >= 0.3 is 48.2 Å². The third kappa shape index (κ3) is 16.2. The van der Waals surface area contributed by atoms with E-state index in [1.165, 1.54) is 12.1 Å². The first-order valence-corrected chi connectivity index (χ1v) is 28.3. The fourth-order valence-corrected chi connectivity index (χ4v) is 10.5. The lowest BCUT2D eigenvalue weighted by atomic mass is 9.88. The molecule has 3 heterocycles. The number of rotatable bonds is 27. The van der Waals surface area contributed by atoms with E-state index < -0.39 is 146 Å². The number of hydrogen-bond donors (Lipinski definition) is 2. The van der Waals surface area contributed by atoms with E-state index in [0.717, 1.165) is 41.9 Å². The van der Waals surface area contributed by atoms with Gasteiger partial charge in [-0.05, 0) is 64.7 Å². The molecule has 0 spiro atoms. The van der Waals surface area contributed by atoms with Gasteiger partial charge in [0.25, 0.3) is 5.79 Å². The summed E-state index contributed by atoms with van der Waals surface area (Å²) in [5.41, 5.74) is 14.4. The topological polar surface area (TPSA) is 329 Å². The van der Waals surface area contributed by atoms with E-state index in [1.807, 2.05) is 78.9 Å². The molecule has 8 rings (SSSR count). The van der Waals surface area contributed by atoms with E-state index in [9.17, 15) is 43.9 Å². The van der Waals surface area contributed by atoms with Crippen LogP contribution in [0.4, 0.5) is 14.4 Å². The molecule has 0 bridgehead atoms. The minimum Gasteiger partial charge on any atom is -0.465 e. The van der Waals surface area contributed by atoms with Crippen LogP contribution in [0.2, 0.25) is 0 Å². The number of alkyl halides is 2. The fourth-order valence-electron chi connectivity index (χ4n) is 10.3. The molecular weight excluding hydrogens is 1170 g/mol. The fraction of sp³-hybridized carbons (Fsp3) is 0.448. The zero-order valence-corrected chi connectivity index (χ0v) is 47.9. The van der Waals surface area contributed by atoms with E-state index in [0.29, 0.717) is 19.3 Å². The van der Waals surface area contributed by atoms with Crippen LogP contribution in [0.15, 0.2) is 114 Å². The van der Waals surface area contributed by atoms with Gasteiger partial charge in [-0.3, -0.25) is 14.4 Å². The van der Waals surface area contributed by atoms with Crippen molar-refractivity contribution in [2.24, 2.45) is 5.11 Å². The Bertz CT molecular complexity index is 3040. The van der Waals surface area contributed by atoms with Crippen molar-refractivity contribution in [3.05, 3.63) is 142 Å². The van der Waals surface area contributed by atoms with Crippen molar-refractivity contribution in [3.8, 4) is 11.1 Å². The van der Waals surface area contributed by atoms with E-state index in [-0.39, 0.29) is 37.8 Å². The Kier molecular flexibility index (Phi) is 22.8. The van der Waals surface area contributed by atoms with Crippen LogP contribution in [0, 0.1) is 0 Å². The SMILES string of the molecule is COC(=O)[C@@]1(OC[C@H]2O[C@@H](OCCCCCNC(=O)OCc3ccccc3)[C@H](N=[N+]=[N-])[C@@H](OC(=O)c3ccccc3)[C@H]2OC(C)=O)C[C@@H]2OC(=O)N[C@H]2[C@H]([C@H](OC(=O)CCl)[C@@H](COC(=O)OCC2c3ccccc3-c3ccccc32)OC(=O)CCl)O1. The number of carbonyl (C=O) groups is 8. The molecule has 28 heteroatoms. The van der Waals surface area contributed by atoms with Gasteiger partial charge in [0.05, 0.1) is 31.7 Å². The Hall–Kier alpha value is -8.23. The molecule has 3 aliphatic heterocycles. The summed E-state index contributed by atoms with van der Waals surface area (Å²) in [5.74, 6) is -10.1. The number of amides is 2. The number of unbranched alkanes of at least 4 members (excludes halogenated alkanes) is 2. The second kappa shape index (κ2) is 30.7. The smallest absolute Gasteiger partial charge is 0.465 e. The standard InChI is InChI=1S/C58H61Cl2N5O21/c1-33(66)80-48-43(82-53(47(64-65-61)50(48)85-52(69)35-18-8-4-9-19-35)75-25-15-5-14-24-62-55(71)76-29-34-16-6-3-7-17-34)32-79-58(54(70)74-2)26-41-46(63-56(72)83-41)51(86-58)49(84-45(68)28-60)42(81-44(67)27-59)31-78-57(73)77-30-40-38-22-12-10-20-36(38)37-21-11-13-23-39(37)40/h3-4,6-13,16-23,40-43,46-51,53H,5,14-15,24-32H2,1-2H3,(H,62,71)(H,63,72)/t41-,42+,43+,46+,47+,48-,49+,50+,51+,53+,58+/m0/s1. The molecule has 2 amide bonds. The van der Waals surface area contributed by atoms with Crippen LogP contribution in [0.25, 0.3) is 21.6 Å². The number of fused-ring (bicyclic) bond motifs is 4. The van der Waals surface area contributed by atoms with Crippen LogP contribution >= 0.6 is 23.2 Å². The van der Waals surface area contributed by atoms with E-state index in [2.05, 4.69) is 20.7 Å². The van der Waals surface area contributed by atoms with Gasteiger partial charge in [-0.15, -0.1) is 23.2 Å². The van der Waals surface area contributed by atoms with E-state index in [1.54, 1.807) is 18.2 Å². The first-order chi connectivity index (χ1) is 41.6. The lowest BCUT2D eigenvalue weighted by Crippen LogP contribution is -2.67. The minimum atomic E-state index is -2.73. The average Bonchev–Trinajstić information content (AvgIpc) is 1.80. The summed E-state index contributed by atoms with van der Waals surface area (Å²) in [7, 11) is 0.967. The maximum Gasteiger partial charge on any atom is 0.508 e. The quantitative estimate of drug-likeness (QED) is 0.0114. The molecule has 0 aromatic heterocycles. The van der Waals surface area contributed by atoms with Crippen molar-refractivity contribution >= 4 is 71.4 Å². The number of nitrogens with zero attached hydrogens (tertiary/aromatic N) is 3. The molecule has 1 aliphatic carbocycles. The first-order valence-electron chi connectivity index (χ1n) is 27.2. The van der Waals surface area contributed by atoms with Gasteiger partial charge in [0.2, 0.25) is 0 Å². The molecule has 0 saturated carbocycles. The Morgan fingerprint density at radius 3 is 2.13 bits per heavy atom. The normalized spacial score (nSPS) is 23.3. The number of nitrogens with one attached hydrogen (secondary N) is 2. The summed E-state index contributed by atoms with van der Waals surface area (Å²) in [5, 5.41) is 9.09. The Balaban J connectivity index is 1.04. The molecule has 86 heavy (non-hydrogen) atoms. The predicted molar refractivity (Wildman–Crippen MR) is 297 cm³/mol. The molecule has 11 atom stereocenters. The highest BCUT2D eigenvalue weighted by Crippen LogP contribution is 2.45. The molecule has 26 nitrogen and oxygen atoms in total. The van der Waals surface area contributed by atoms with Crippen molar-refractivity contribution in [2.75, 3.05) is 51.8 Å². The molecule has 4 aromatic carbocycles. The zero-order valence-electron chi connectivity index (χ0n) is 46.4. The Labute approximate surface area is 502 Å². The summed E-state index contributed by atoms with van der Waals surface area (Å²) in [6.45, 7) is -0.680. The molecule has 4 aliphatic rings. The maximum atomic E-state index is 14.4. The molecule has 3 fully saturated rings. The van der Waals surface area contributed by atoms with Crippen LogP contribution in [-0.2, 0) is 87.4 Å². The molecular formula is C58H61Cl2N5O21. The number of azide groups is 1. The largest absolute Gasteiger partial charge is 0.508 e. The van der Waals surface area contributed by atoms with Crippen molar-refractivity contribution in [2.45, 2.75) is 112 Å². The Morgan fingerprint density at radius 1 is 0.802 bits per heavy atom. The van der Waals surface area contributed by atoms with Crippen LogP contribution in [-0.4, -0.2) is 167 Å². The van der Waals surface area contributed by atoms with Gasteiger partial charge in [-0.25, -0.2) is 24.0 Å². The summed E-state index contributed by atoms with van der Waals surface area (Å²) in [6.07, 6.45) is -16.0. The van der Waals surface area contributed by atoms with Gasteiger partial charge in [0.15, 0.2) is 30.7 Å². The highest BCUT2D eigenvalue weighted by Gasteiger charge is 2.62. The number of hydrogen-bond acceptors (Lipinski definition) is 22. The number of methoxy groups -OCH3 is 1. The number of alkyl carbamates (subject to hydrolysis) is 2. The number of benzene rings is 4. The molecule has 2 N–H and O–H groups in total. The minimum absolute atomic E-state index is 0.0479. The van der Waals surface area contributed by atoms with Crippen molar-refractivity contribution in [1.82, 2.24) is 10.6 Å². The molecule has 0 unspecified atom stereocenters. The molecule has 0 radical (unpaired) electrons. The van der Waals surface area contributed by atoms with E-state index >= 15 is 0 Å². The summed E-state index contributed by atoms with van der Waals surface area (Å²) < 4.78 is 75.8. The summed E-state index contributed by atoms with van der Waals surface area (Å²) >= 11 is 11.9. The second-order valence-corrected chi connectivity index (χ2v) is 20.3. The predicted octanol–water partition coefficient (Wildman–Crippen LogP) is 7.08. The van der Waals surface area contributed by atoms with Crippen molar-refractivity contribution < 1.29 is 99.9 Å². The third-order valence-corrected chi connectivity index (χ3v) is 14.6. The van der Waals surface area contributed by atoms with E-state index in [4.69, 9.17) is 84.8 Å². The lowest BCUT2D eigenvalue weighted by Gasteiger charge is -2.47. The lowest BCUT2D eigenvalue weighted by molar-refractivity contribution is -0.327. The summed E-state index contributed by atoms with van der Waals surface area (Å²) in [4.78, 5) is 110. The first kappa shape index (κ1) is 63.8. The second-order valence-electron chi connectivity index (χ2n) is 19.8. The highest BCUT2D eigenvalue weighted by atomic mass is 35.5.